The molecule has 140 valence electrons. The van der Waals surface area contributed by atoms with Gasteiger partial charge in [-0.2, -0.15) is 0 Å². The summed E-state index contributed by atoms with van der Waals surface area (Å²) in [5, 5.41) is 3.29. The van der Waals surface area contributed by atoms with Crippen molar-refractivity contribution in [2.45, 2.75) is 32.6 Å². The van der Waals surface area contributed by atoms with E-state index in [1.165, 1.54) is 6.07 Å². The minimum Gasteiger partial charge on any atom is -0.370 e. The van der Waals surface area contributed by atoms with Crippen LogP contribution in [0.25, 0.3) is 0 Å². The van der Waals surface area contributed by atoms with Crippen LogP contribution in [0.4, 0.5) is 4.39 Å². The van der Waals surface area contributed by atoms with Gasteiger partial charge in [0.15, 0.2) is 5.96 Å². The largest absolute Gasteiger partial charge is 0.370 e. The lowest BCUT2D eigenvalue weighted by Crippen LogP contribution is -2.47. The summed E-state index contributed by atoms with van der Waals surface area (Å²) >= 11 is 0. The van der Waals surface area contributed by atoms with Gasteiger partial charge in [-0.05, 0) is 43.7 Å². The van der Waals surface area contributed by atoms with Crippen LogP contribution in [-0.2, 0) is 11.2 Å². The first-order chi connectivity index (χ1) is 11.6. The van der Waals surface area contributed by atoms with E-state index < -0.39 is 0 Å². The molecule has 0 spiro atoms. The van der Waals surface area contributed by atoms with Gasteiger partial charge in [0.25, 0.3) is 0 Å². The van der Waals surface area contributed by atoms with Gasteiger partial charge >= 0.3 is 0 Å². The van der Waals surface area contributed by atoms with Gasteiger partial charge in [-0.15, -0.1) is 24.0 Å². The number of carbonyl (C=O) groups is 1. The van der Waals surface area contributed by atoms with E-state index in [1.54, 1.807) is 12.1 Å². The van der Waals surface area contributed by atoms with Gasteiger partial charge in [-0.3, -0.25) is 9.79 Å². The lowest BCUT2D eigenvalue weighted by molar-refractivity contribution is -0.119. The fraction of sp³-hybridized carbons (Fsp3) is 0.556. The molecule has 1 aliphatic heterocycles. The number of piperidine rings is 1. The number of nitrogens with zero attached hydrogens (tertiary/aromatic N) is 2. The van der Waals surface area contributed by atoms with Crippen LogP contribution in [0.3, 0.4) is 0 Å². The molecular formula is C18H28FIN4O. The molecule has 7 heteroatoms. The molecule has 1 aromatic carbocycles. The van der Waals surface area contributed by atoms with Crippen LogP contribution in [0, 0.1) is 11.7 Å². The molecule has 0 bridgehead atoms. The number of amides is 1. The van der Waals surface area contributed by atoms with E-state index in [4.69, 9.17) is 5.73 Å². The van der Waals surface area contributed by atoms with E-state index in [0.717, 1.165) is 38.4 Å². The number of rotatable bonds is 6. The number of halogens is 2. The number of nitrogens with one attached hydrogen (secondary N) is 1. The van der Waals surface area contributed by atoms with Crippen molar-refractivity contribution in [3.05, 3.63) is 35.6 Å². The molecule has 1 unspecified atom stereocenters. The average molecular weight is 462 g/mol. The summed E-state index contributed by atoms with van der Waals surface area (Å²) in [7, 11) is 0. The van der Waals surface area contributed by atoms with Crippen LogP contribution in [0.15, 0.2) is 29.3 Å². The van der Waals surface area contributed by atoms with E-state index in [2.05, 4.69) is 15.2 Å². The van der Waals surface area contributed by atoms with Crippen molar-refractivity contribution in [1.82, 2.24) is 10.2 Å². The van der Waals surface area contributed by atoms with Gasteiger partial charge in [0.2, 0.25) is 5.91 Å². The van der Waals surface area contributed by atoms with Crippen molar-refractivity contribution in [1.29, 1.82) is 0 Å². The smallest absolute Gasteiger partial charge is 0.217 e. The van der Waals surface area contributed by atoms with Gasteiger partial charge in [0, 0.05) is 32.6 Å². The zero-order chi connectivity index (χ0) is 17.4. The Labute approximate surface area is 166 Å². The number of benzene rings is 1. The summed E-state index contributed by atoms with van der Waals surface area (Å²) in [6, 6.07) is 6.80. The molecule has 1 saturated heterocycles. The summed E-state index contributed by atoms with van der Waals surface area (Å²) < 4.78 is 13.7. The molecule has 1 atom stereocenters. The third kappa shape index (κ3) is 7.17. The molecule has 1 fully saturated rings. The number of carbonyl (C=O) groups excluding carboxylic acids is 1. The van der Waals surface area contributed by atoms with Crippen molar-refractivity contribution in [3.8, 4) is 0 Å². The molecule has 1 heterocycles. The quantitative estimate of drug-likeness (QED) is 0.388. The molecule has 1 aromatic rings. The molecule has 0 saturated carbocycles. The molecule has 3 N–H and O–H groups in total. The predicted octanol–water partition coefficient (Wildman–Crippen LogP) is 2.54. The van der Waals surface area contributed by atoms with Gasteiger partial charge in [-0.1, -0.05) is 18.2 Å². The van der Waals surface area contributed by atoms with Crippen molar-refractivity contribution in [2.75, 3.05) is 26.2 Å². The first-order valence-corrected chi connectivity index (χ1v) is 8.65. The molecule has 1 aliphatic rings. The minimum absolute atomic E-state index is 0. The second-order valence-electron chi connectivity index (χ2n) is 6.20. The highest BCUT2D eigenvalue weighted by molar-refractivity contribution is 14.0. The maximum absolute atomic E-state index is 13.7. The van der Waals surface area contributed by atoms with Crippen LogP contribution in [0.1, 0.15) is 31.7 Å². The van der Waals surface area contributed by atoms with Gasteiger partial charge in [0.1, 0.15) is 5.82 Å². The Bertz CT molecular complexity index is 582. The molecule has 0 aromatic heterocycles. The Morgan fingerprint density at radius 2 is 2.20 bits per heavy atom. The monoisotopic (exact) mass is 462 g/mol. The highest BCUT2D eigenvalue weighted by Crippen LogP contribution is 2.19. The second kappa shape index (κ2) is 11.3. The lowest BCUT2D eigenvalue weighted by Gasteiger charge is -2.34. The number of hydrogen-bond donors (Lipinski definition) is 2. The number of likely N-dealkylation sites (tertiary alicyclic amines) is 1. The van der Waals surface area contributed by atoms with Gasteiger partial charge < -0.3 is 16.0 Å². The fourth-order valence-electron chi connectivity index (χ4n) is 3.12. The standard InChI is InChI=1S/C18H27FN4O.HI/c1-2-21-18(22-10-9-15-7-3-4-8-16(15)19)23-11-5-6-14(13-23)12-17(20)24;/h3-4,7-8,14H,2,5-6,9-13H2,1H3,(H2,20,24)(H,21,22);1H. The van der Waals surface area contributed by atoms with Crippen LogP contribution < -0.4 is 11.1 Å². The molecule has 0 radical (unpaired) electrons. The third-order valence-electron chi connectivity index (χ3n) is 4.24. The van der Waals surface area contributed by atoms with E-state index >= 15 is 0 Å². The highest BCUT2D eigenvalue weighted by Gasteiger charge is 2.23. The second-order valence-corrected chi connectivity index (χ2v) is 6.20. The van der Waals surface area contributed by atoms with Crippen LogP contribution in [0.5, 0.6) is 0 Å². The maximum Gasteiger partial charge on any atom is 0.217 e. The van der Waals surface area contributed by atoms with E-state index in [0.29, 0.717) is 24.9 Å². The molecule has 0 aliphatic carbocycles. The molecule has 25 heavy (non-hydrogen) atoms. The normalized spacial score (nSPS) is 17.8. The Morgan fingerprint density at radius 1 is 1.44 bits per heavy atom. The molecule has 2 rings (SSSR count). The Hall–Kier alpha value is -1.38. The number of guanidine groups is 1. The summed E-state index contributed by atoms with van der Waals surface area (Å²) in [4.78, 5) is 18.0. The van der Waals surface area contributed by atoms with Crippen LogP contribution >= 0.6 is 24.0 Å². The van der Waals surface area contributed by atoms with Crippen LogP contribution in [0.2, 0.25) is 0 Å². The SMILES string of the molecule is CCNC(=NCCc1ccccc1F)N1CCCC(CC(N)=O)C1.I. The first-order valence-electron chi connectivity index (χ1n) is 8.65. The Balaban J connectivity index is 0.00000312. The van der Waals surface area contributed by atoms with Gasteiger partial charge in [0.05, 0.1) is 0 Å². The summed E-state index contributed by atoms with van der Waals surface area (Å²) in [6.45, 7) is 5.03. The fourth-order valence-corrected chi connectivity index (χ4v) is 3.12. The third-order valence-corrected chi connectivity index (χ3v) is 4.24. The number of primary amides is 1. The van der Waals surface area contributed by atoms with Crippen molar-refractivity contribution < 1.29 is 9.18 Å². The van der Waals surface area contributed by atoms with Crippen molar-refractivity contribution >= 4 is 35.8 Å². The van der Waals surface area contributed by atoms with Gasteiger partial charge in [-0.25, -0.2) is 4.39 Å². The Kier molecular flexibility index (Phi) is 9.77. The molecule has 1 amide bonds. The average Bonchev–Trinajstić information content (AvgIpc) is 2.55. The first kappa shape index (κ1) is 21.7. The summed E-state index contributed by atoms with van der Waals surface area (Å²) in [6.07, 6.45) is 3.04. The van der Waals surface area contributed by atoms with E-state index in [-0.39, 0.29) is 41.6 Å². The van der Waals surface area contributed by atoms with E-state index in [1.807, 2.05) is 13.0 Å². The van der Waals surface area contributed by atoms with E-state index in [9.17, 15) is 9.18 Å². The molecule has 5 nitrogen and oxygen atoms in total. The zero-order valence-corrected chi connectivity index (χ0v) is 17.0. The Morgan fingerprint density at radius 3 is 2.88 bits per heavy atom. The van der Waals surface area contributed by atoms with Crippen LogP contribution in [-0.4, -0.2) is 42.9 Å². The highest BCUT2D eigenvalue weighted by atomic mass is 127. The van der Waals surface area contributed by atoms with Crippen molar-refractivity contribution in [2.24, 2.45) is 16.6 Å². The number of nitrogens with two attached hydrogens (primary N) is 1. The summed E-state index contributed by atoms with van der Waals surface area (Å²) in [5.41, 5.74) is 6.01. The number of aliphatic imine (C=N–C) groups is 1. The minimum atomic E-state index is -0.247. The summed E-state index contributed by atoms with van der Waals surface area (Å²) in [5.74, 6) is 0.690. The number of hydrogen-bond acceptors (Lipinski definition) is 2. The lowest BCUT2D eigenvalue weighted by atomic mass is 9.95. The van der Waals surface area contributed by atoms with Crippen molar-refractivity contribution in [3.63, 3.8) is 0 Å². The predicted molar refractivity (Wildman–Crippen MR) is 110 cm³/mol. The molecular weight excluding hydrogens is 434 g/mol. The topological polar surface area (TPSA) is 70.7 Å². The zero-order valence-electron chi connectivity index (χ0n) is 14.7. The maximum atomic E-state index is 13.7.